The van der Waals surface area contributed by atoms with Gasteiger partial charge in [-0.15, -0.1) is 0 Å². The number of hydrogen-bond donors (Lipinski definition) is 0. The minimum absolute atomic E-state index is 0. The number of hydrogen-bond acceptors (Lipinski definition) is 1. The molecule has 0 radical (unpaired) electrons. The van der Waals surface area contributed by atoms with Crippen molar-refractivity contribution in [2.75, 3.05) is 0 Å². The molecule has 1 heterocycles. The summed E-state index contributed by atoms with van der Waals surface area (Å²) in [6.07, 6.45) is 3.28. The molecule has 3 heteroatoms. The predicted molar refractivity (Wildman–Crippen MR) is 39.6 cm³/mol. The summed E-state index contributed by atoms with van der Waals surface area (Å²) in [7, 11) is 0. The summed E-state index contributed by atoms with van der Waals surface area (Å²) in [4.78, 5) is 0. The van der Waals surface area contributed by atoms with Crippen LogP contribution in [0.25, 0.3) is 0 Å². The standard InChI is InChI=1S/C5H5.C3H3N2.Cr/c2*1-2-4-5-3-1;/h1-5H;1-3H;/q2*-1;+2. The van der Waals surface area contributed by atoms with Crippen LogP contribution in [0.15, 0.2) is 48.8 Å². The van der Waals surface area contributed by atoms with Gasteiger partial charge < -0.3 is 10.2 Å². The second-order valence-electron chi connectivity index (χ2n) is 1.68. The maximum Gasteiger partial charge on any atom is 2.00 e. The molecule has 0 bridgehead atoms. The van der Waals surface area contributed by atoms with Gasteiger partial charge in [-0.1, -0.05) is 6.07 Å². The van der Waals surface area contributed by atoms with E-state index in [1.165, 1.54) is 0 Å². The van der Waals surface area contributed by atoms with E-state index < -0.39 is 0 Å². The monoisotopic (exact) mass is 184 g/mol. The van der Waals surface area contributed by atoms with Crippen LogP contribution in [-0.4, -0.2) is 5.10 Å². The van der Waals surface area contributed by atoms with Gasteiger partial charge in [-0.3, -0.25) is 0 Å². The largest absolute Gasteiger partial charge is 2.00 e. The second kappa shape index (κ2) is 7.20. The van der Waals surface area contributed by atoms with Crippen molar-refractivity contribution in [3.63, 3.8) is 0 Å². The van der Waals surface area contributed by atoms with Crippen molar-refractivity contribution in [1.82, 2.24) is 10.2 Å². The van der Waals surface area contributed by atoms with Crippen molar-refractivity contribution >= 4 is 0 Å². The van der Waals surface area contributed by atoms with Gasteiger partial charge >= 0.3 is 17.4 Å². The van der Waals surface area contributed by atoms with Gasteiger partial charge in [0.05, 0.1) is 0 Å². The Bertz CT molecular complexity index is 151. The Morgan fingerprint density at radius 2 is 1.82 bits per heavy atom. The van der Waals surface area contributed by atoms with Crippen LogP contribution >= 0.6 is 0 Å². The van der Waals surface area contributed by atoms with E-state index in [2.05, 4.69) is 10.2 Å². The molecule has 0 saturated heterocycles. The van der Waals surface area contributed by atoms with Gasteiger partial charge in [0.25, 0.3) is 0 Å². The van der Waals surface area contributed by atoms with E-state index in [4.69, 9.17) is 0 Å². The molecule has 0 unspecified atom stereocenters. The molecule has 0 aliphatic rings. The van der Waals surface area contributed by atoms with Gasteiger partial charge in [-0.25, -0.2) is 12.1 Å². The van der Waals surface area contributed by atoms with Gasteiger partial charge in [-0.05, 0) is 0 Å². The van der Waals surface area contributed by atoms with E-state index in [0.717, 1.165) is 0 Å². The Morgan fingerprint density at radius 3 is 2.00 bits per heavy atom. The average Bonchev–Trinajstić information content (AvgIpc) is 2.67. The Labute approximate surface area is 76.8 Å². The molecular formula is C8H8CrN2. The number of aromatic nitrogens is 2. The third kappa shape index (κ3) is 5.53. The zero-order valence-corrected chi connectivity index (χ0v) is 7.20. The van der Waals surface area contributed by atoms with Gasteiger partial charge in [0.1, 0.15) is 0 Å². The first kappa shape index (κ1) is 10.1. The zero-order valence-electron chi connectivity index (χ0n) is 5.92. The summed E-state index contributed by atoms with van der Waals surface area (Å²) in [5.41, 5.74) is 0. The van der Waals surface area contributed by atoms with Crippen molar-refractivity contribution in [3.8, 4) is 0 Å². The molecule has 2 aromatic rings. The smallest absolute Gasteiger partial charge is 0.582 e. The van der Waals surface area contributed by atoms with Crippen LogP contribution in [0.1, 0.15) is 0 Å². The first-order valence-electron chi connectivity index (χ1n) is 3.05. The van der Waals surface area contributed by atoms with Gasteiger partial charge in [0.2, 0.25) is 0 Å². The molecule has 0 atom stereocenters. The van der Waals surface area contributed by atoms with Crippen molar-refractivity contribution in [1.29, 1.82) is 0 Å². The van der Waals surface area contributed by atoms with E-state index in [1.807, 2.05) is 30.3 Å². The van der Waals surface area contributed by atoms with Crippen LogP contribution in [-0.2, 0) is 17.4 Å². The molecule has 0 spiro atoms. The molecule has 0 fully saturated rings. The molecule has 2 nitrogen and oxygen atoms in total. The molecule has 2 rings (SSSR count). The van der Waals surface area contributed by atoms with Crippen LogP contribution in [0.3, 0.4) is 0 Å². The Kier molecular flexibility index (Phi) is 6.61. The van der Waals surface area contributed by atoms with Gasteiger partial charge in [-0.2, -0.15) is 24.4 Å². The number of nitrogens with zero attached hydrogens (tertiary/aromatic N) is 2. The van der Waals surface area contributed by atoms with Crippen LogP contribution < -0.4 is 5.10 Å². The molecule has 1 aromatic carbocycles. The summed E-state index contributed by atoms with van der Waals surface area (Å²) in [6, 6.07) is 11.8. The second-order valence-corrected chi connectivity index (χ2v) is 1.68. The van der Waals surface area contributed by atoms with Crippen LogP contribution in [0, 0.1) is 0 Å². The molecule has 1 aromatic heterocycles. The summed E-state index contributed by atoms with van der Waals surface area (Å²) in [6.45, 7) is 0. The fraction of sp³-hybridized carbons (Fsp3) is 0. The molecule has 0 saturated carbocycles. The summed E-state index contributed by atoms with van der Waals surface area (Å²) in [5, 5.41) is 6.94. The minimum atomic E-state index is 0. The van der Waals surface area contributed by atoms with Crippen LogP contribution in [0.4, 0.5) is 0 Å². The van der Waals surface area contributed by atoms with E-state index in [1.54, 1.807) is 18.5 Å². The van der Waals surface area contributed by atoms with Crippen LogP contribution in [0.2, 0.25) is 0 Å². The van der Waals surface area contributed by atoms with Crippen LogP contribution in [0.5, 0.6) is 0 Å². The average molecular weight is 184 g/mol. The maximum atomic E-state index is 3.47. The third-order valence-corrected chi connectivity index (χ3v) is 0.928. The zero-order chi connectivity index (χ0) is 7.07. The SMILES string of the molecule is [Cr+2].c1cc[cH-]c1.c1cn[n-]c1. The normalized spacial score (nSPS) is 7.27. The van der Waals surface area contributed by atoms with Crippen molar-refractivity contribution in [3.05, 3.63) is 48.8 Å². The van der Waals surface area contributed by atoms with Gasteiger partial charge in [0.15, 0.2) is 0 Å². The van der Waals surface area contributed by atoms with E-state index in [9.17, 15) is 0 Å². The predicted octanol–water partition coefficient (Wildman–Crippen LogP) is 1.44. The van der Waals surface area contributed by atoms with E-state index in [-0.39, 0.29) is 17.4 Å². The fourth-order valence-electron chi connectivity index (χ4n) is 0.513. The van der Waals surface area contributed by atoms with Crippen molar-refractivity contribution in [2.45, 2.75) is 0 Å². The molecule has 11 heavy (non-hydrogen) atoms. The summed E-state index contributed by atoms with van der Waals surface area (Å²) in [5.74, 6) is 0. The fourth-order valence-corrected chi connectivity index (χ4v) is 0.513. The first-order valence-corrected chi connectivity index (χ1v) is 3.05. The van der Waals surface area contributed by atoms with Crippen molar-refractivity contribution in [2.24, 2.45) is 0 Å². The molecule has 0 N–H and O–H groups in total. The summed E-state index contributed by atoms with van der Waals surface area (Å²) >= 11 is 0. The minimum Gasteiger partial charge on any atom is -0.582 e. The maximum absolute atomic E-state index is 3.47. The van der Waals surface area contributed by atoms with E-state index >= 15 is 0 Å². The Hall–Kier alpha value is -0.908. The molecule has 0 aliphatic carbocycles. The first-order chi connectivity index (χ1) is 5.00. The topological polar surface area (TPSA) is 27.0 Å². The molecule has 56 valence electrons. The molecule has 0 amide bonds. The quantitative estimate of drug-likeness (QED) is 0.579. The van der Waals surface area contributed by atoms with E-state index in [0.29, 0.717) is 0 Å². The summed E-state index contributed by atoms with van der Waals surface area (Å²) < 4.78 is 0. The van der Waals surface area contributed by atoms with Gasteiger partial charge in [0, 0.05) is 6.20 Å². The Balaban J connectivity index is 0.000000167. The molecule has 0 aliphatic heterocycles. The third-order valence-electron chi connectivity index (χ3n) is 0.928. The number of rotatable bonds is 0. The molecular weight excluding hydrogens is 176 g/mol. The Morgan fingerprint density at radius 1 is 1.09 bits per heavy atom. The van der Waals surface area contributed by atoms with Crippen molar-refractivity contribution < 1.29 is 17.4 Å².